The van der Waals surface area contributed by atoms with E-state index in [-0.39, 0.29) is 0 Å². The number of aromatic nitrogens is 1. The fourth-order valence-corrected chi connectivity index (χ4v) is 1.41. The van der Waals surface area contributed by atoms with Gasteiger partial charge in [-0.2, -0.15) is 0 Å². The maximum absolute atomic E-state index is 5.61. The van der Waals surface area contributed by atoms with Gasteiger partial charge in [0.15, 0.2) is 0 Å². The number of pyridine rings is 1. The second-order valence-corrected chi connectivity index (χ2v) is 4.82. The smallest absolute Gasteiger partial charge is 0.126 e. The molecule has 1 rings (SSSR count). The Morgan fingerprint density at radius 3 is 2.73 bits per heavy atom. The van der Waals surface area contributed by atoms with Crippen LogP contribution >= 0.6 is 15.9 Å². The number of rotatable bonds is 4. The zero-order valence-corrected chi connectivity index (χ0v) is 11.0. The molecule has 1 aromatic heterocycles. The van der Waals surface area contributed by atoms with Crippen LogP contribution in [0.1, 0.15) is 19.4 Å². The number of halogens is 1. The standard InChI is InChI=1S/C11H18BrN3/c1-7-4-11(14-6-10(7)12)15-9(3)8(2)5-13/h4,6,8-9H,5,13H2,1-3H3,(H,14,15). The van der Waals surface area contributed by atoms with Gasteiger partial charge in [0.2, 0.25) is 0 Å². The topological polar surface area (TPSA) is 50.9 Å². The molecule has 15 heavy (non-hydrogen) atoms. The lowest BCUT2D eigenvalue weighted by Crippen LogP contribution is -2.29. The Balaban J connectivity index is 2.68. The molecular formula is C11H18BrN3. The molecule has 84 valence electrons. The van der Waals surface area contributed by atoms with Gasteiger partial charge in [-0.15, -0.1) is 0 Å². The highest BCUT2D eigenvalue weighted by molar-refractivity contribution is 9.10. The average molecular weight is 272 g/mol. The van der Waals surface area contributed by atoms with Gasteiger partial charge in [0, 0.05) is 16.7 Å². The van der Waals surface area contributed by atoms with Gasteiger partial charge in [0.25, 0.3) is 0 Å². The van der Waals surface area contributed by atoms with Gasteiger partial charge in [-0.05, 0) is 53.9 Å². The number of nitrogens with one attached hydrogen (secondary N) is 1. The fourth-order valence-electron chi connectivity index (χ4n) is 1.20. The highest BCUT2D eigenvalue weighted by Crippen LogP contribution is 2.18. The molecule has 0 aliphatic carbocycles. The molecule has 0 bridgehead atoms. The van der Waals surface area contributed by atoms with E-state index in [2.05, 4.69) is 40.1 Å². The van der Waals surface area contributed by atoms with Gasteiger partial charge in [0.05, 0.1) is 0 Å². The van der Waals surface area contributed by atoms with E-state index in [1.54, 1.807) is 0 Å². The molecule has 0 radical (unpaired) electrons. The molecule has 2 unspecified atom stereocenters. The summed E-state index contributed by atoms with van der Waals surface area (Å²) >= 11 is 3.43. The van der Waals surface area contributed by atoms with E-state index in [0.717, 1.165) is 10.3 Å². The largest absolute Gasteiger partial charge is 0.367 e. The molecule has 0 spiro atoms. The van der Waals surface area contributed by atoms with Gasteiger partial charge >= 0.3 is 0 Å². The minimum atomic E-state index is 0.336. The second-order valence-electron chi connectivity index (χ2n) is 3.96. The van der Waals surface area contributed by atoms with E-state index < -0.39 is 0 Å². The van der Waals surface area contributed by atoms with E-state index in [4.69, 9.17) is 5.73 Å². The maximum Gasteiger partial charge on any atom is 0.126 e. The van der Waals surface area contributed by atoms with Gasteiger partial charge in [-0.25, -0.2) is 4.98 Å². The second kappa shape index (κ2) is 5.47. The van der Waals surface area contributed by atoms with Crippen LogP contribution in [0.5, 0.6) is 0 Å². The molecule has 0 aliphatic heterocycles. The van der Waals surface area contributed by atoms with Gasteiger partial charge < -0.3 is 11.1 Å². The van der Waals surface area contributed by atoms with Crippen molar-refractivity contribution in [2.75, 3.05) is 11.9 Å². The zero-order chi connectivity index (χ0) is 11.4. The van der Waals surface area contributed by atoms with Crippen LogP contribution in [0.3, 0.4) is 0 Å². The summed E-state index contributed by atoms with van der Waals surface area (Å²) in [4.78, 5) is 4.30. The average Bonchev–Trinajstić information content (AvgIpc) is 2.22. The normalized spacial score (nSPS) is 14.7. The summed E-state index contributed by atoms with van der Waals surface area (Å²) in [6.45, 7) is 6.98. The molecule has 1 aromatic rings. The van der Waals surface area contributed by atoms with Crippen molar-refractivity contribution in [3.05, 3.63) is 22.3 Å². The molecular weight excluding hydrogens is 254 g/mol. The first-order chi connectivity index (χ1) is 7.04. The van der Waals surface area contributed by atoms with Gasteiger partial charge in [-0.1, -0.05) is 6.92 Å². The van der Waals surface area contributed by atoms with Crippen molar-refractivity contribution >= 4 is 21.7 Å². The number of nitrogens with zero attached hydrogens (tertiary/aromatic N) is 1. The highest BCUT2D eigenvalue weighted by Gasteiger charge is 2.10. The van der Waals surface area contributed by atoms with Crippen LogP contribution in [0.25, 0.3) is 0 Å². The number of aryl methyl sites for hydroxylation is 1. The Morgan fingerprint density at radius 2 is 2.20 bits per heavy atom. The van der Waals surface area contributed by atoms with Crippen molar-refractivity contribution in [3.8, 4) is 0 Å². The summed E-state index contributed by atoms with van der Waals surface area (Å²) < 4.78 is 1.03. The first-order valence-electron chi connectivity index (χ1n) is 5.13. The quantitative estimate of drug-likeness (QED) is 0.885. The lowest BCUT2D eigenvalue weighted by Gasteiger charge is -2.20. The van der Waals surface area contributed by atoms with Crippen molar-refractivity contribution in [1.29, 1.82) is 0 Å². The van der Waals surface area contributed by atoms with Crippen LogP contribution < -0.4 is 11.1 Å². The SMILES string of the molecule is Cc1cc(NC(C)C(C)CN)ncc1Br. The molecule has 3 N–H and O–H groups in total. The summed E-state index contributed by atoms with van der Waals surface area (Å²) in [5.74, 6) is 1.35. The lowest BCUT2D eigenvalue weighted by atomic mass is 10.0. The van der Waals surface area contributed by atoms with Crippen molar-refractivity contribution in [2.45, 2.75) is 26.8 Å². The zero-order valence-electron chi connectivity index (χ0n) is 9.42. The first-order valence-corrected chi connectivity index (χ1v) is 5.92. The van der Waals surface area contributed by atoms with Crippen LogP contribution in [0.2, 0.25) is 0 Å². The van der Waals surface area contributed by atoms with E-state index in [1.807, 2.05) is 19.2 Å². The third-order valence-corrected chi connectivity index (χ3v) is 3.48. The molecule has 4 heteroatoms. The van der Waals surface area contributed by atoms with Crippen molar-refractivity contribution in [2.24, 2.45) is 11.7 Å². The van der Waals surface area contributed by atoms with Crippen molar-refractivity contribution in [3.63, 3.8) is 0 Å². The van der Waals surface area contributed by atoms with Gasteiger partial charge in [-0.3, -0.25) is 0 Å². The molecule has 1 heterocycles. The molecule has 0 saturated heterocycles. The molecule has 0 amide bonds. The monoisotopic (exact) mass is 271 g/mol. The van der Waals surface area contributed by atoms with E-state index >= 15 is 0 Å². The lowest BCUT2D eigenvalue weighted by molar-refractivity contribution is 0.520. The number of anilines is 1. The minimum absolute atomic E-state index is 0.336. The Bertz CT molecular complexity index is 328. The molecule has 0 aliphatic rings. The molecule has 0 fully saturated rings. The van der Waals surface area contributed by atoms with Crippen LogP contribution in [-0.2, 0) is 0 Å². The van der Waals surface area contributed by atoms with E-state index in [9.17, 15) is 0 Å². The van der Waals surface area contributed by atoms with E-state index in [1.165, 1.54) is 5.56 Å². The molecule has 2 atom stereocenters. The van der Waals surface area contributed by atoms with Crippen LogP contribution in [-0.4, -0.2) is 17.6 Å². The Labute approximate surface area is 99.6 Å². The Hall–Kier alpha value is -0.610. The summed E-state index contributed by atoms with van der Waals surface area (Å²) in [5, 5.41) is 3.35. The van der Waals surface area contributed by atoms with Crippen LogP contribution in [0.4, 0.5) is 5.82 Å². The minimum Gasteiger partial charge on any atom is -0.367 e. The third-order valence-electron chi connectivity index (χ3n) is 2.65. The summed E-state index contributed by atoms with van der Waals surface area (Å²) in [6, 6.07) is 2.37. The molecule has 0 saturated carbocycles. The maximum atomic E-state index is 5.61. The Kier molecular flexibility index (Phi) is 4.54. The van der Waals surface area contributed by atoms with Crippen molar-refractivity contribution in [1.82, 2.24) is 4.98 Å². The fraction of sp³-hybridized carbons (Fsp3) is 0.545. The van der Waals surface area contributed by atoms with Gasteiger partial charge in [0.1, 0.15) is 5.82 Å². The third kappa shape index (κ3) is 3.47. The van der Waals surface area contributed by atoms with E-state index in [0.29, 0.717) is 18.5 Å². The highest BCUT2D eigenvalue weighted by atomic mass is 79.9. The van der Waals surface area contributed by atoms with Crippen LogP contribution in [0, 0.1) is 12.8 Å². The molecule has 0 aromatic carbocycles. The first kappa shape index (κ1) is 12.5. The van der Waals surface area contributed by atoms with Crippen LogP contribution in [0.15, 0.2) is 16.7 Å². The molecule has 3 nitrogen and oxygen atoms in total. The Morgan fingerprint density at radius 1 is 1.53 bits per heavy atom. The number of hydrogen-bond donors (Lipinski definition) is 2. The number of nitrogens with two attached hydrogens (primary N) is 1. The summed E-state index contributed by atoms with van der Waals surface area (Å²) in [5.41, 5.74) is 6.79. The number of hydrogen-bond acceptors (Lipinski definition) is 3. The summed E-state index contributed by atoms with van der Waals surface area (Å²) in [7, 11) is 0. The van der Waals surface area contributed by atoms with Crippen molar-refractivity contribution < 1.29 is 0 Å². The predicted molar refractivity (Wildman–Crippen MR) is 68.0 cm³/mol. The summed E-state index contributed by atoms with van der Waals surface area (Å²) in [6.07, 6.45) is 1.82. The predicted octanol–water partition coefficient (Wildman–Crippen LogP) is 2.55.